The first-order valence-electron chi connectivity index (χ1n) is 5.24. The van der Waals surface area contributed by atoms with Crippen LogP contribution in [0.4, 0.5) is 10.1 Å². The van der Waals surface area contributed by atoms with E-state index in [9.17, 15) is 4.39 Å². The van der Waals surface area contributed by atoms with Gasteiger partial charge in [0.25, 0.3) is 0 Å². The minimum Gasteiger partial charge on any atom is -0.488 e. The number of ether oxygens (including phenoxy) is 1. The molecule has 0 fully saturated rings. The van der Waals surface area contributed by atoms with E-state index in [2.05, 4.69) is 5.32 Å². The summed E-state index contributed by atoms with van der Waals surface area (Å²) in [7, 11) is 0. The fourth-order valence-corrected chi connectivity index (χ4v) is 1.25. The van der Waals surface area contributed by atoms with E-state index in [-0.39, 0.29) is 12.4 Å². The number of anilines is 1. The number of aliphatic hydroxyl groups excluding tert-OH is 1. The van der Waals surface area contributed by atoms with E-state index in [0.29, 0.717) is 18.8 Å². The van der Waals surface area contributed by atoms with Crippen LogP contribution in [-0.2, 0) is 0 Å². The first-order chi connectivity index (χ1) is 7.75. The molecule has 0 spiro atoms. The molecule has 0 aliphatic rings. The number of aliphatic hydroxyl groups is 1. The van der Waals surface area contributed by atoms with Crippen molar-refractivity contribution >= 4 is 5.69 Å². The van der Waals surface area contributed by atoms with Gasteiger partial charge >= 0.3 is 0 Å². The number of nitrogens with two attached hydrogens (primary N) is 1. The van der Waals surface area contributed by atoms with Gasteiger partial charge in [0, 0.05) is 6.54 Å². The molecule has 16 heavy (non-hydrogen) atoms. The Bertz CT molecular complexity index is 301. The Morgan fingerprint density at radius 3 is 2.88 bits per heavy atom. The fraction of sp³-hybridized carbons (Fsp3) is 0.455. The lowest BCUT2D eigenvalue weighted by Gasteiger charge is -2.09. The minimum atomic E-state index is -0.441. The summed E-state index contributed by atoms with van der Waals surface area (Å²) in [5.41, 5.74) is 5.88. The van der Waals surface area contributed by atoms with Gasteiger partial charge in [-0.2, -0.15) is 0 Å². The number of rotatable bonds is 7. The van der Waals surface area contributed by atoms with Crippen molar-refractivity contribution < 1.29 is 14.2 Å². The van der Waals surface area contributed by atoms with Crippen molar-refractivity contribution in [3.63, 3.8) is 0 Å². The Kier molecular flexibility index (Phi) is 5.60. The molecule has 0 bridgehead atoms. The molecule has 0 atom stereocenters. The van der Waals surface area contributed by atoms with E-state index in [1.165, 1.54) is 6.07 Å². The van der Waals surface area contributed by atoms with Crippen molar-refractivity contribution in [3.8, 4) is 5.75 Å². The average molecular weight is 228 g/mol. The Hall–Kier alpha value is -1.33. The molecule has 0 aromatic heterocycles. The van der Waals surface area contributed by atoms with Gasteiger partial charge in [0.2, 0.25) is 0 Å². The van der Waals surface area contributed by atoms with Crippen molar-refractivity contribution in [2.24, 2.45) is 0 Å². The molecule has 1 rings (SSSR count). The molecule has 0 unspecified atom stereocenters. The molecule has 4 N–H and O–H groups in total. The fourth-order valence-electron chi connectivity index (χ4n) is 1.25. The molecular formula is C11H17FN2O2. The van der Waals surface area contributed by atoms with Crippen LogP contribution in [0.3, 0.4) is 0 Å². The quantitative estimate of drug-likeness (QED) is 0.476. The normalized spacial score (nSPS) is 10.4. The van der Waals surface area contributed by atoms with Crippen LogP contribution in [0.5, 0.6) is 5.75 Å². The lowest BCUT2D eigenvalue weighted by Crippen LogP contribution is -2.21. The van der Waals surface area contributed by atoms with Crippen LogP contribution < -0.4 is 15.8 Å². The first kappa shape index (κ1) is 12.7. The average Bonchev–Trinajstić information content (AvgIpc) is 2.26. The molecule has 0 aliphatic heterocycles. The van der Waals surface area contributed by atoms with Crippen LogP contribution in [-0.4, -0.2) is 31.4 Å². The molecule has 5 heteroatoms. The van der Waals surface area contributed by atoms with Gasteiger partial charge in [-0.05, 0) is 25.1 Å². The Labute approximate surface area is 94.2 Å². The van der Waals surface area contributed by atoms with Gasteiger partial charge in [0.1, 0.15) is 0 Å². The summed E-state index contributed by atoms with van der Waals surface area (Å²) in [6.45, 7) is 1.78. The summed E-state index contributed by atoms with van der Waals surface area (Å²) in [6, 6.07) is 4.46. The summed E-state index contributed by atoms with van der Waals surface area (Å²) >= 11 is 0. The van der Waals surface area contributed by atoms with Gasteiger partial charge in [0.05, 0.1) is 18.9 Å². The number of halogens is 1. The van der Waals surface area contributed by atoms with Crippen molar-refractivity contribution in [1.82, 2.24) is 5.32 Å². The van der Waals surface area contributed by atoms with Gasteiger partial charge in [-0.15, -0.1) is 0 Å². The van der Waals surface area contributed by atoms with Crippen molar-refractivity contribution in [2.75, 3.05) is 32.0 Å². The maximum absolute atomic E-state index is 13.2. The number of nitrogens with one attached hydrogen (secondary N) is 1. The molecular weight excluding hydrogens is 211 g/mol. The minimum absolute atomic E-state index is 0.112. The van der Waals surface area contributed by atoms with Gasteiger partial charge in [0.15, 0.2) is 11.6 Å². The van der Waals surface area contributed by atoms with Crippen molar-refractivity contribution in [1.29, 1.82) is 0 Å². The molecule has 0 saturated heterocycles. The lowest BCUT2D eigenvalue weighted by molar-refractivity contribution is 0.278. The largest absolute Gasteiger partial charge is 0.488 e. The van der Waals surface area contributed by atoms with Gasteiger partial charge in [-0.1, -0.05) is 6.07 Å². The molecule has 90 valence electrons. The van der Waals surface area contributed by atoms with E-state index in [0.717, 1.165) is 13.0 Å². The molecule has 1 aromatic rings. The van der Waals surface area contributed by atoms with E-state index >= 15 is 0 Å². The third-order valence-electron chi connectivity index (χ3n) is 2.03. The highest BCUT2D eigenvalue weighted by molar-refractivity contribution is 5.52. The Balaban J connectivity index is 2.26. The van der Waals surface area contributed by atoms with E-state index in [1.807, 2.05) is 0 Å². The summed E-state index contributed by atoms with van der Waals surface area (Å²) in [5, 5.41) is 11.5. The Morgan fingerprint density at radius 1 is 1.38 bits per heavy atom. The van der Waals surface area contributed by atoms with E-state index in [1.54, 1.807) is 12.1 Å². The maximum Gasteiger partial charge on any atom is 0.177 e. The third kappa shape index (κ3) is 4.04. The summed E-state index contributed by atoms with van der Waals surface area (Å²) in [6.07, 6.45) is 0.730. The number of hydrogen-bond donors (Lipinski definition) is 3. The monoisotopic (exact) mass is 228 g/mol. The van der Waals surface area contributed by atoms with E-state index < -0.39 is 5.82 Å². The summed E-state index contributed by atoms with van der Waals surface area (Å²) in [4.78, 5) is 0. The molecule has 4 nitrogen and oxygen atoms in total. The molecule has 1 aromatic carbocycles. The van der Waals surface area contributed by atoms with Crippen LogP contribution >= 0.6 is 0 Å². The molecule has 0 aliphatic carbocycles. The molecule has 0 saturated carbocycles. The first-order valence-corrected chi connectivity index (χ1v) is 5.24. The molecule has 0 amide bonds. The highest BCUT2D eigenvalue weighted by Gasteiger charge is 2.06. The van der Waals surface area contributed by atoms with Crippen LogP contribution in [0.25, 0.3) is 0 Å². The summed E-state index contributed by atoms with van der Waals surface area (Å²) in [5.74, 6) is -0.326. The number of nitrogen functional groups attached to an aromatic ring is 1. The number of para-hydroxylation sites is 1. The Morgan fingerprint density at radius 2 is 2.19 bits per heavy atom. The topological polar surface area (TPSA) is 67.5 Å². The predicted molar refractivity (Wildman–Crippen MR) is 60.9 cm³/mol. The predicted octanol–water partition coefficient (Wildman–Crippen LogP) is 0.759. The van der Waals surface area contributed by atoms with Crippen LogP contribution in [0.1, 0.15) is 6.42 Å². The zero-order valence-corrected chi connectivity index (χ0v) is 9.08. The van der Waals surface area contributed by atoms with Crippen LogP contribution in [0.15, 0.2) is 18.2 Å². The standard InChI is InChI=1S/C11H17FN2O2/c12-9-3-1-4-10(13)11(9)16-8-2-5-14-6-7-15/h1,3-4,14-15H,2,5-8,13H2. The van der Waals surface area contributed by atoms with E-state index in [4.69, 9.17) is 15.6 Å². The van der Waals surface area contributed by atoms with Gasteiger partial charge in [-0.3, -0.25) is 0 Å². The smallest absolute Gasteiger partial charge is 0.177 e. The van der Waals surface area contributed by atoms with Gasteiger partial charge < -0.3 is 20.9 Å². The molecule has 0 radical (unpaired) electrons. The SMILES string of the molecule is Nc1cccc(F)c1OCCCNCCO. The highest BCUT2D eigenvalue weighted by atomic mass is 19.1. The van der Waals surface area contributed by atoms with Crippen LogP contribution in [0.2, 0.25) is 0 Å². The third-order valence-corrected chi connectivity index (χ3v) is 2.03. The van der Waals surface area contributed by atoms with Crippen molar-refractivity contribution in [3.05, 3.63) is 24.0 Å². The van der Waals surface area contributed by atoms with Crippen molar-refractivity contribution in [2.45, 2.75) is 6.42 Å². The number of benzene rings is 1. The van der Waals surface area contributed by atoms with Gasteiger partial charge in [-0.25, -0.2) is 4.39 Å². The second-order valence-electron chi connectivity index (χ2n) is 3.33. The lowest BCUT2D eigenvalue weighted by atomic mass is 10.3. The second-order valence-corrected chi connectivity index (χ2v) is 3.33. The second kappa shape index (κ2) is 7.03. The number of hydrogen-bond acceptors (Lipinski definition) is 4. The summed E-state index contributed by atoms with van der Waals surface area (Å²) < 4.78 is 18.5. The van der Waals surface area contributed by atoms with Crippen LogP contribution in [0, 0.1) is 5.82 Å². The zero-order chi connectivity index (χ0) is 11.8. The maximum atomic E-state index is 13.2. The highest BCUT2D eigenvalue weighted by Crippen LogP contribution is 2.24. The molecule has 0 heterocycles. The zero-order valence-electron chi connectivity index (χ0n) is 9.08.